The summed E-state index contributed by atoms with van der Waals surface area (Å²) in [5.74, 6) is -1.54. The summed E-state index contributed by atoms with van der Waals surface area (Å²) >= 11 is 0. The zero-order valence-electron chi connectivity index (χ0n) is 26.1. The predicted molar refractivity (Wildman–Crippen MR) is 169 cm³/mol. The maximum atomic E-state index is 14.2. The Morgan fingerprint density at radius 1 is 0.977 bits per heavy atom. The molecule has 0 saturated carbocycles. The Morgan fingerprint density at radius 2 is 1.66 bits per heavy atom. The lowest BCUT2D eigenvalue weighted by Gasteiger charge is -2.33. The van der Waals surface area contributed by atoms with Gasteiger partial charge in [-0.15, -0.1) is 0 Å². The number of aryl methyl sites for hydroxylation is 2. The van der Waals surface area contributed by atoms with Crippen LogP contribution in [0.15, 0.2) is 60.7 Å². The molecule has 0 aliphatic carbocycles. The molecular weight excluding hydrogens is 582 g/mol. The van der Waals surface area contributed by atoms with Crippen LogP contribution in [0.3, 0.4) is 0 Å². The molecule has 11 heteroatoms. The topological polar surface area (TPSA) is 94.0 Å². The summed E-state index contributed by atoms with van der Waals surface area (Å²) in [6.07, 6.45) is 0.0954. The van der Waals surface area contributed by atoms with Crippen LogP contribution in [0.4, 0.5) is 13.6 Å². The van der Waals surface area contributed by atoms with E-state index in [0.29, 0.717) is 23.2 Å². The highest BCUT2D eigenvalue weighted by Crippen LogP contribution is 2.26. The molecule has 2 aromatic carbocycles. The van der Waals surface area contributed by atoms with E-state index in [4.69, 9.17) is 9.47 Å². The summed E-state index contributed by atoms with van der Waals surface area (Å²) in [4.78, 5) is 26.5. The Kier molecular flexibility index (Phi) is 10.1. The lowest BCUT2D eigenvalue weighted by molar-refractivity contribution is 0.0930. The number of rotatable bonds is 12. The van der Waals surface area contributed by atoms with Crippen LogP contribution in [-0.4, -0.2) is 41.8 Å². The molecule has 2 amide bonds. The van der Waals surface area contributed by atoms with Crippen molar-refractivity contribution >= 4 is 25.6 Å². The molecule has 0 bridgehead atoms. The van der Waals surface area contributed by atoms with Gasteiger partial charge in [-0.25, -0.2) is 13.6 Å². The molecule has 44 heavy (non-hydrogen) atoms. The predicted octanol–water partition coefficient (Wildman–Crippen LogP) is 6.95. The zero-order chi connectivity index (χ0) is 32.1. The Bertz CT molecular complexity index is 1620. The van der Waals surface area contributed by atoms with Gasteiger partial charge in [0.1, 0.15) is 24.8 Å². The van der Waals surface area contributed by atoms with Crippen molar-refractivity contribution in [3.05, 3.63) is 100 Å². The molecule has 0 aliphatic rings. The van der Waals surface area contributed by atoms with Crippen LogP contribution in [0, 0.1) is 25.5 Å². The van der Waals surface area contributed by atoms with E-state index >= 15 is 0 Å². The molecule has 2 N–H and O–H groups in total. The van der Waals surface area contributed by atoms with Gasteiger partial charge in [-0.1, -0.05) is 62.1 Å². The molecule has 0 saturated heterocycles. The summed E-state index contributed by atoms with van der Waals surface area (Å²) < 4.78 is 41.1. The summed E-state index contributed by atoms with van der Waals surface area (Å²) in [6.45, 7) is 12.2. The van der Waals surface area contributed by atoms with E-state index in [-0.39, 0.29) is 37.1 Å². The fraction of sp³-hybridized carbons (Fsp3) is 0.364. The van der Waals surface area contributed by atoms with Gasteiger partial charge < -0.3 is 20.1 Å². The Morgan fingerprint density at radius 3 is 2.32 bits per heavy atom. The molecule has 4 aromatic rings. The smallest absolute Gasteiger partial charge is 0.407 e. The fourth-order valence-electron chi connectivity index (χ4n) is 4.77. The normalized spacial score (nSPS) is 12.9. The number of nitrogens with zero attached hydrogens (tertiary/aromatic N) is 2. The number of amides is 2. The van der Waals surface area contributed by atoms with Crippen molar-refractivity contribution in [2.24, 2.45) is 0 Å². The van der Waals surface area contributed by atoms with Crippen molar-refractivity contribution in [2.75, 3.05) is 6.54 Å². The molecule has 0 aliphatic heterocycles. The maximum Gasteiger partial charge on any atom is 0.407 e. The van der Waals surface area contributed by atoms with Crippen LogP contribution >= 0.6 is 0 Å². The number of fused-ring (bicyclic) bond motifs is 1. The standard InChI is InChI=1S/C33H40F2N4O4Si/c1-22-17-28-30(23(2)38-39(28)29(18-22)42-20-25-26(34)13-10-14-27(25)35)31(40)36-21-33(3,15-16-44(4,5)6)37-32(41)43-19-24-11-8-7-9-12-24/h7-14,17-18H,15-16,19-21H2,1-6H3,(H,36,40)(H,37,41). The number of halogens is 2. The first-order valence-corrected chi connectivity index (χ1v) is 18.3. The number of alkyl carbamates (subject to hydrolysis) is 1. The molecule has 2 heterocycles. The molecule has 4 rings (SSSR count). The summed E-state index contributed by atoms with van der Waals surface area (Å²) in [6, 6.07) is 17.5. The van der Waals surface area contributed by atoms with Crippen molar-refractivity contribution in [3.8, 4) is 5.88 Å². The number of carbonyl (C=O) groups excluding carboxylic acids is 2. The van der Waals surface area contributed by atoms with E-state index in [0.717, 1.165) is 17.2 Å². The minimum absolute atomic E-state index is 0.137. The molecular formula is C33H40F2N4O4Si. The number of hydrogen-bond acceptors (Lipinski definition) is 5. The molecule has 1 atom stereocenters. The van der Waals surface area contributed by atoms with E-state index in [1.165, 1.54) is 22.7 Å². The van der Waals surface area contributed by atoms with Gasteiger partial charge in [-0.3, -0.25) is 4.79 Å². The summed E-state index contributed by atoms with van der Waals surface area (Å²) in [5, 5.41) is 10.5. The van der Waals surface area contributed by atoms with Crippen LogP contribution in [0.1, 0.15) is 46.1 Å². The van der Waals surface area contributed by atoms with Gasteiger partial charge in [0, 0.05) is 20.7 Å². The SMILES string of the molecule is Cc1cc(OCc2c(F)cccc2F)n2nc(C)c(C(=O)NCC(C)(CC[Si](C)(C)C)NC(=O)OCc3ccccc3)c2c1. The van der Waals surface area contributed by atoms with Gasteiger partial charge in [0.05, 0.1) is 27.9 Å². The van der Waals surface area contributed by atoms with Crippen LogP contribution in [-0.2, 0) is 18.0 Å². The Labute approximate surface area is 257 Å². The van der Waals surface area contributed by atoms with Gasteiger partial charge in [-0.2, -0.15) is 9.61 Å². The minimum Gasteiger partial charge on any atom is -0.473 e. The molecule has 2 aromatic heterocycles. The molecule has 8 nitrogen and oxygen atoms in total. The Hall–Kier alpha value is -4.25. The average molecular weight is 623 g/mol. The summed E-state index contributed by atoms with van der Waals surface area (Å²) in [5.41, 5.74) is 1.97. The molecule has 0 fully saturated rings. The highest BCUT2D eigenvalue weighted by atomic mass is 28.3. The lowest BCUT2D eigenvalue weighted by atomic mass is 9.98. The lowest BCUT2D eigenvalue weighted by Crippen LogP contribution is -2.54. The number of hydrogen-bond donors (Lipinski definition) is 2. The number of pyridine rings is 1. The third-order valence-electron chi connectivity index (χ3n) is 7.36. The van der Waals surface area contributed by atoms with E-state index in [2.05, 4.69) is 35.4 Å². The zero-order valence-corrected chi connectivity index (χ0v) is 27.1. The third kappa shape index (κ3) is 8.43. The second kappa shape index (κ2) is 13.6. The first kappa shape index (κ1) is 32.7. The van der Waals surface area contributed by atoms with Crippen molar-refractivity contribution in [2.45, 2.75) is 71.6 Å². The van der Waals surface area contributed by atoms with Crippen LogP contribution in [0.25, 0.3) is 5.52 Å². The second-order valence-corrected chi connectivity index (χ2v) is 18.2. The van der Waals surface area contributed by atoms with Gasteiger partial charge in [-0.05, 0) is 56.5 Å². The molecule has 234 valence electrons. The van der Waals surface area contributed by atoms with Crippen molar-refractivity contribution in [3.63, 3.8) is 0 Å². The highest BCUT2D eigenvalue weighted by molar-refractivity contribution is 6.76. The fourth-order valence-corrected chi connectivity index (χ4v) is 6.08. The average Bonchev–Trinajstić information content (AvgIpc) is 3.29. The number of carbonyl (C=O) groups is 2. The first-order valence-electron chi connectivity index (χ1n) is 14.6. The van der Waals surface area contributed by atoms with Crippen molar-refractivity contribution in [1.29, 1.82) is 0 Å². The van der Waals surface area contributed by atoms with Gasteiger partial charge >= 0.3 is 6.09 Å². The van der Waals surface area contributed by atoms with E-state index in [1.807, 2.05) is 44.2 Å². The van der Waals surface area contributed by atoms with Crippen LogP contribution < -0.4 is 15.4 Å². The molecule has 1 unspecified atom stereocenters. The first-order chi connectivity index (χ1) is 20.7. The Balaban J connectivity index is 1.51. The molecule has 0 radical (unpaired) electrons. The largest absolute Gasteiger partial charge is 0.473 e. The van der Waals surface area contributed by atoms with Crippen molar-refractivity contribution in [1.82, 2.24) is 20.2 Å². The molecule has 0 spiro atoms. The monoisotopic (exact) mass is 622 g/mol. The van der Waals surface area contributed by atoms with Gasteiger partial charge in [0.25, 0.3) is 5.91 Å². The quantitative estimate of drug-likeness (QED) is 0.167. The van der Waals surface area contributed by atoms with E-state index in [9.17, 15) is 18.4 Å². The number of aromatic nitrogens is 2. The second-order valence-electron chi connectivity index (χ2n) is 12.6. The van der Waals surface area contributed by atoms with Crippen LogP contribution in [0.2, 0.25) is 25.7 Å². The number of nitrogens with one attached hydrogen (secondary N) is 2. The third-order valence-corrected chi connectivity index (χ3v) is 9.11. The van der Waals surface area contributed by atoms with E-state index < -0.39 is 31.3 Å². The highest BCUT2D eigenvalue weighted by Gasteiger charge is 2.31. The number of ether oxygens (including phenoxy) is 2. The van der Waals surface area contributed by atoms with E-state index in [1.54, 1.807) is 19.1 Å². The van der Waals surface area contributed by atoms with Crippen LogP contribution in [0.5, 0.6) is 5.88 Å². The van der Waals surface area contributed by atoms with Gasteiger partial charge in [0.2, 0.25) is 5.88 Å². The van der Waals surface area contributed by atoms with Crippen molar-refractivity contribution < 1.29 is 27.8 Å². The summed E-state index contributed by atoms with van der Waals surface area (Å²) in [7, 11) is -1.48. The number of benzene rings is 2. The minimum atomic E-state index is -1.48. The van der Waals surface area contributed by atoms with Gasteiger partial charge in [0.15, 0.2) is 0 Å². The maximum absolute atomic E-state index is 14.2.